The number of hydrogen-bond acceptors (Lipinski definition) is 10. The number of unbranched alkanes of at least 4 members (excludes halogenated alkanes) is 2. The molecule has 0 radical (unpaired) electrons. The fraction of sp³-hybridized carbons (Fsp3) is 0.400. The molecule has 11 heteroatoms. The maximum atomic E-state index is 15.1. The van der Waals surface area contributed by atoms with E-state index < -0.39 is 30.1 Å². The summed E-state index contributed by atoms with van der Waals surface area (Å²) < 4.78 is 33.7. The van der Waals surface area contributed by atoms with Crippen molar-refractivity contribution in [1.29, 1.82) is 0 Å². The normalized spacial score (nSPS) is 23.9. The Morgan fingerprint density at radius 3 is 2.37 bits per heavy atom. The number of hydrogen-bond donors (Lipinski definition) is 2. The van der Waals surface area contributed by atoms with Gasteiger partial charge in [-0.1, -0.05) is 121 Å². The molecule has 7 atom stereocenters. The van der Waals surface area contributed by atoms with Gasteiger partial charge in [0, 0.05) is 37.5 Å². The number of rotatable bonds is 22. The Bertz CT molecular complexity index is 2640. The van der Waals surface area contributed by atoms with Crippen LogP contribution in [0, 0.1) is 17.8 Å². The van der Waals surface area contributed by atoms with Crippen molar-refractivity contribution < 1.29 is 43.5 Å². The molecule has 9 rings (SSSR count). The summed E-state index contributed by atoms with van der Waals surface area (Å²) in [5, 5.41) is 27.3. The van der Waals surface area contributed by atoms with Crippen LogP contribution in [0.2, 0.25) is 0 Å². The van der Waals surface area contributed by atoms with Gasteiger partial charge in [0.25, 0.3) is 0 Å². The second-order valence-electron chi connectivity index (χ2n) is 19.1. The van der Waals surface area contributed by atoms with Crippen LogP contribution in [0.5, 0.6) is 17.2 Å². The third-order valence-electron chi connectivity index (χ3n) is 14.6. The fourth-order valence-electron chi connectivity index (χ4n) is 11.3. The topological polar surface area (TPSA) is 129 Å². The molecule has 1 amide bonds. The first-order valence-electron chi connectivity index (χ1n) is 25.6. The molecule has 0 bridgehead atoms. The number of benzene rings is 5. The molecule has 1 unspecified atom stereocenters. The van der Waals surface area contributed by atoms with Crippen LogP contribution < -0.4 is 9.47 Å². The molecule has 2 heterocycles. The van der Waals surface area contributed by atoms with Crippen LogP contribution in [0.15, 0.2) is 157 Å². The Labute approximate surface area is 418 Å². The number of amides is 1. The standard InChI is InChI=1S/C60H68N2O9/c1-3-5-36-67-59(65)62(41-46-23-17-22-44-20-9-10-24-49(44)46)55-40-53(61-71-56-26-13-16-37-66-56)51-38-45(21-11-14-33-63)50(25-12-15-34-64)57-52-39-48(31-32-54(52)70-60(55,58(51)57)68-35-4-2)69-47-29-27-43(28-30-47)42-18-7-6-8-19-42/h3-4,6-10,17-20,22-24,27-32,38-39,45,50,55-58,63-64H,1-2,5,11-16,21,25-26,33-37,40-41H2/t45-,50+,55-,56?,57+,58+,60+/m0/s1. The predicted molar refractivity (Wildman–Crippen MR) is 277 cm³/mol. The summed E-state index contributed by atoms with van der Waals surface area (Å²) in [6.45, 7) is 9.24. The van der Waals surface area contributed by atoms with E-state index in [0.29, 0.717) is 55.3 Å². The van der Waals surface area contributed by atoms with Crippen molar-refractivity contribution in [2.75, 3.05) is 33.0 Å². The molecule has 1 saturated carbocycles. The Hall–Kier alpha value is -6.24. The molecule has 71 heavy (non-hydrogen) atoms. The number of allylic oxidation sites excluding steroid dienone is 1. The van der Waals surface area contributed by atoms with E-state index in [9.17, 15) is 10.2 Å². The smallest absolute Gasteiger partial charge is 0.410 e. The van der Waals surface area contributed by atoms with Crippen LogP contribution >= 0.6 is 0 Å². The van der Waals surface area contributed by atoms with Gasteiger partial charge in [-0.25, -0.2) is 4.79 Å². The third kappa shape index (κ3) is 11.1. The number of aliphatic hydroxyl groups is 2. The molecule has 1 saturated heterocycles. The Morgan fingerprint density at radius 1 is 0.831 bits per heavy atom. The van der Waals surface area contributed by atoms with Crippen molar-refractivity contribution in [3.63, 3.8) is 0 Å². The lowest BCUT2D eigenvalue weighted by Gasteiger charge is -2.60. The van der Waals surface area contributed by atoms with Crippen molar-refractivity contribution in [2.24, 2.45) is 22.9 Å². The summed E-state index contributed by atoms with van der Waals surface area (Å²) in [5.41, 5.74) is 5.75. The molecule has 2 fully saturated rings. The zero-order valence-electron chi connectivity index (χ0n) is 40.7. The molecular weight excluding hydrogens is 893 g/mol. The molecule has 2 aliphatic heterocycles. The molecule has 0 aromatic heterocycles. The van der Waals surface area contributed by atoms with Crippen LogP contribution in [0.3, 0.4) is 0 Å². The van der Waals surface area contributed by atoms with Gasteiger partial charge in [0.05, 0.1) is 38.0 Å². The lowest BCUT2D eigenvalue weighted by molar-refractivity contribution is -0.256. The number of oxime groups is 1. The number of aliphatic hydroxyl groups excluding tert-OH is 2. The van der Waals surface area contributed by atoms with Crippen molar-refractivity contribution in [3.05, 3.63) is 163 Å². The van der Waals surface area contributed by atoms with E-state index in [2.05, 4.69) is 73.8 Å². The van der Waals surface area contributed by atoms with Gasteiger partial charge in [-0.2, -0.15) is 0 Å². The quantitative estimate of drug-likeness (QED) is 0.0396. The SMILES string of the molecule is C=CCCOC(=O)N(Cc1cccc2ccccc12)[C@H]1CC(=NOC2CCCCO2)C2=C[C@H](CCCCO)[C@@H](CCCCO)[C@@H]3c4cc(Oc5ccc(-c6ccccc6)cc5)ccc4O[C@@]1(OCC=C)[C@H]23. The fourth-order valence-corrected chi connectivity index (χ4v) is 11.3. The highest BCUT2D eigenvalue weighted by Gasteiger charge is 2.66. The number of ether oxygens (including phenoxy) is 5. The molecule has 5 aromatic rings. The second kappa shape index (κ2) is 23.8. The van der Waals surface area contributed by atoms with E-state index in [-0.39, 0.29) is 57.1 Å². The van der Waals surface area contributed by atoms with Crippen molar-refractivity contribution in [3.8, 4) is 28.4 Å². The summed E-state index contributed by atoms with van der Waals surface area (Å²) in [4.78, 5) is 23.2. The van der Waals surface area contributed by atoms with Gasteiger partial charge in [-0.3, -0.25) is 4.90 Å². The van der Waals surface area contributed by atoms with Crippen LogP contribution in [0.4, 0.5) is 4.79 Å². The van der Waals surface area contributed by atoms with Crippen LogP contribution in [0.25, 0.3) is 21.9 Å². The number of fused-ring (bicyclic) bond motifs is 3. The highest BCUT2D eigenvalue weighted by molar-refractivity contribution is 6.03. The first kappa shape index (κ1) is 49.7. The molecule has 372 valence electrons. The van der Waals surface area contributed by atoms with Gasteiger partial charge < -0.3 is 38.7 Å². The summed E-state index contributed by atoms with van der Waals surface area (Å²) in [6, 6.07) is 38.0. The van der Waals surface area contributed by atoms with Crippen LogP contribution in [-0.2, 0) is 25.6 Å². The van der Waals surface area contributed by atoms with E-state index in [0.717, 1.165) is 77.1 Å². The van der Waals surface area contributed by atoms with Crippen molar-refractivity contribution >= 4 is 22.6 Å². The highest BCUT2D eigenvalue weighted by atomic mass is 16.8. The molecule has 2 N–H and O–H groups in total. The van der Waals surface area contributed by atoms with Gasteiger partial charge in [-0.15, -0.1) is 13.2 Å². The van der Waals surface area contributed by atoms with E-state index >= 15 is 4.79 Å². The summed E-state index contributed by atoms with van der Waals surface area (Å²) >= 11 is 0. The zero-order chi connectivity index (χ0) is 49.0. The van der Waals surface area contributed by atoms with E-state index in [1.165, 1.54) is 0 Å². The first-order chi connectivity index (χ1) is 34.9. The minimum atomic E-state index is -1.49. The monoisotopic (exact) mass is 960 g/mol. The first-order valence-corrected chi connectivity index (χ1v) is 25.6. The van der Waals surface area contributed by atoms with Gasteiger partial charge in [-0.05, 0) is 120 Å². The molecule has 2 aliphatic carbocycles. The van der Waals surface area contributed by atoms with Crippen LogP contribution in [-0.4, -0.2) is 78.1 Å². The van der Waals surface area contributed by atoms with Crippen molar-refractivity contribution in [1.82, 2.24) is 4.90 Å². The average Bonchev–Trinajstić information content (AvgIpc) is 3.41. The number of nitrogens with zero attached hydrogens (tertiary/aromatic N) is 2. The lowest BCUT2D eigenvalue weighted by Crippen LogP contribution is -2.70. The largest absolute Gasteiger partial charge is 0.459 e. The average molecular weight is 961 g/mol. The zero-order valence-corrected chi connectivity index (χ0v) is 40.7. The van der Waals surface area contributed by atoms with Gasteiger partial charge in [0.15, 0.2) is 0 Å². The van der Waals surface area contributed by atoms with E-state index in [4.69, 9.17) is 33.7 Å². The van der Waals surface area contributed by atoms with Gasteiger partial charge in [0.1, 0.15) is 23.3 Å². The lowest BCUT2D eigenvalue weighted by atomic mass is 9.55. The van der Waals surface area contributed by atoms with Gasteiger partial charge >= 0.3 is 6.09 Å². The number of carbonyl (C=O) groups excluding carboxylic acids is 1. The molecule has 11 nitrogen and oxygen atoms in total. The molecule has 5 aromatic carbocycles. The molecule has 4 aliphatic rings. The summed E-state index contributed by atoms with van der Waals surface area (Å²) in [6.07, 6.45) is 12.7. The summed E-state index contributed by atoms with van der Waals surface area (Å²) in [7, 11) is 0. The molecular formula is C60H68N2O9. The van der Waals surface area contributed by atoms with E-state index in [1.54, 1.807) is 17.1 Å². The minimum absolute atomic E-state index is 0.0254. The maximum absolute atomic E-state index is 15.1. The minimum Gasteiger partial charge on any atom is -0.459 e. The summed E-state index contributed by atoms with van der Waals surface area (Å²) in [5.74, 6) is -0.190. The maximum Gasteiger partial charge on any atom is 0.410 e. The Balaban J connectivity index is 1.23. The number of carbonyl (C=O) groups is 1. The van der Waals surface area contributed by atoms with Crippen LogP contribution in [0.1, 0.15) is 87.7 Å². The van der Waals surface area contributed by atoms with E-state index in [1.807, 2.05) is 60.7 Å². The Morgan fingerprint density at radius 2 is 1.59 bits per heavy atom. The van der Waals surface area contributed by atoms with Gasteiger partial charge in [0.2, 0.25) is 12.1 Å². The molecule has 0 spiro atoms. The van der Waals surface area contributed by atoms with Crippen molar-refractivity contribution in [2.45, 2.75) is 101 Å². The predicted octanol–water partition coefficient (Wildman–Crippen LogP) is 12.7. The second-order valence-corrected chi connectivity index (χ2v) is 19.1. The highest BCUT2D eigenvalue weighted by Crippen LogP contribution is 2.62. The third-order valence-corrected chi connectivity index (χ3v) is 14.6. The Kier molecular flexibility index (Phi) is 16.7.